The first kappa shape index (κ1) is 16.6. The molecule has 22 heavy (non-hydrogen) atoms. The largest absolute Gasteiger partial charge is 0.495 e. The van der Waals surface area contributed by atoms with Crippen LogP contribution in [-0.2, 0) is 0 Å². The first-order valence-corrected chi connectivity index (χ1v) is 7.32. The van der Waals surface area contributed by atoms with E-state index in [0.29, 0.717) is 26.9 Å². The van der Waals surface area contributed by atoms with Crippen LogP contribution in [0.3, 0.4) is 0 Å². The molecule has 0 saturated heterocycles. The van der Waals surface area contributed by atoms with Gasteiger partial charge >= 0.3 is 0 Å². The Morgan fingerprint density at radius 1 is 1.23 bits per heavy atom. The summed E-state index contributed by atoms with van der Waals surface area (Å²) in [6.07, 6.45) is -0.810. The van der Waals surface area contributed by atoms with Crippen molar-refractivity contribution in [1.82, 2.24) is 5.32 Å². The van der Waals surface area contributed by atoms with Crippen molar-refractivity contribution in [1.29, 1.82) is 0 Å². The molecule has 116 valence electrons. The van der Waals surface area contributed by atoms with Gasteiger partial charge in [-0.05, 0) is 35.9 Å². The number of benzene rings is 2. The Morgan fingerprint density at radius 2 is 1.91 bits per heavy atom. The summed E-state index contributed by atoms with van der Waals surface area (Å²) in [6, 6.07) is 11.5. The van der Waals surface area contributed by atoms with E-state index in [1.54, 1.807) is 42.5 Å². The average molecular weight is 340 g/mol. The zero-order valence-corrected chi connectivity index (χ0v) is 13.4. The molecule has 0 heterocycles. The second kappa shape index (κ2) is 7.49. The molecule has 0 aromatic heterocycles. The van der Waals surface area contributed by atoms with Gasteiger partial charge < -0.3 is 15.2 Å². The number of carbonyl (C=O) groups is 1. The standard InChI is InChI=1S/C16H15Cl2NO3/c1-22-15-8-11(4-7-13(15)18)16(21)19-9-14(20)10-2-5-12(17)6-3-10/h2-8,14,20H,9H2,1H3,(H,19,21). The maximum atomic E-state index is 12.1. The van der Waals surface area contributed by atoms with E-state index in [9.17, 15) is 9.90 Å². The van der Waals surface area contributed by atoms with Crippen LogP contribution in [-0.4, -0.2) is 24.7 Å². The maximum absolute atomic E-state index is 12.1. The van der Waals surface area contributed by atoms with E-state index in [4.69, 9.17) is 27.9 Å². The molecule has 4 nitrogen and oxygen atoms in total. The third-order valence-corrected chi connectivity index (χ3v) is 3.69. The average Bonchev–Trinajstić information content (AvgIpc) is 2.53. The number of aliphatic hydroxyl groups is 1. The second-order valence-corrected chi connectivity index (χ2v) is 5.47. The summed E-state index contributed by atoms with van der Waals surface area (Å²) < 4.78 is 5.07. The van der Waals surface area contributed by atoms with Crippen LogP contribution in [0, 0.1) is 0 Å². The molecule has 2 aromatic rings. The number of hydrogen-bond donors (Lipinski definition) is 2. The normalized spacial score (nSPS) is 11.8. The van der Waals surface area contributed by atoms with Crippen LogP contribution in [0.1, 0.15) is 22.0 Å². The molecule has 2 aromatic carbocycles. The second-order valence-electron chi connectivity index (χ2n) is 4.63. The number of ether oxygens (including phenoxy) is 1. The zero-order valence-electron chi connectivity index (χ0n) is 11.8. The molecule has 0 radical (unpaired) electrons. The van der Waals surface area contributed by atoms with E-state index < -0.39 is 6.10 Å². The Morgan fingerprint density at radius 3 is 2.55 bits per heavy atom. The minimum atomic E-state index is -0.810. The lowest BCUT2D eigenvalue weighted by Crippen LogP contribution is -2.28. The van der Waals surface area contributed by atoms with Gasteiger partial charge in [-0.25, -0.2) is 0 Å². The molecule has 2 rings (SSSR count). The zero-order chi connectivity index (χ0) is 16.1. The quantitative estimate of drug-likeness (QED) is 0.876. The van der Waals surface area contributed by atoms with E-state index in [-0.39, 0.29) is 12.5 Å². The Hall–Kier alpha value is -1.75. The summed E-state index contributed by atoms with van der Waals surface area (Å²) >= 11 is 11.7. The van der Waals surface area contributed by atoms with Crippen LogP contribution in [0.15, 0.2) is 42.5 Å². The van der Waals surface area contributed by atoms with Gasteiger partial charge in [0.2, 0.25) is 0 Å². The van der Waals surface area contributed by atoms with E-state index in [1.165, 1.54) is 7.11 Å². The van der Waals surface area contributed by atoms with Crippen LogP contribution in [0.5, 0.6) is 5.75 Å². The van der Waals surface area contributed by atoms with Crippen molar-refractivity contribution in [3.8, 4) is 5.75 Å². The van der Waals surface area contributed by atoms with Gasteiger partial charge in [0.15, 0.2) is 0 Å². The predicted octanol–water partition coefficient (Wildman–Crippen LogP) is 3.47. The minimum absolute atomic E-state index is 0.0887. The number of methoxy groups -OCH3 is 1. The van der Waals surface area contributed by atoms with Gasteiger partial charge in [-0.3, -0.25) is 4.79 Å². The molecule has 0 fully saturated rings. The minimum Gasteiger partial charge on any atom is -0.495 e. The van der Waals surface area contributed by atoms with E-state index in [0.717, 1.165) is 0 Å². The van der Waals surface area contributed by atoms with Crippen molar-refractivity contribution >= 4 is 29.1 Å². The molecule has 0 bridgehead atoms. The third-order valence-electron chi connectivity index (χ3n) is 3.12. The summed E-state index contributed by atoms with van der Waals surface area (Å²) in [6.45, 7) is 0.0887. The lowest BCUT2D eigenvalue weighted by Gasteiger charge is -2.13. The molecule has 0 saturated carbocycles. The lowest BCUT2D eigenvalue weighted by atomic mass is 10.1. The molecular formula is C16H15Cl2NO3. The number of carbonyl (C=O) groups excluding carboxylic acids is 1. The number of rotatable bonds is 5. The van der Waals surface area contributed by atoms with Gasteiger partial charge in [0, 0.05) is 17.1 Å². The highest BCUT2D eigenvalue weighted by Crippen LogP contribution is 2.25. The van der Waals surface area contributed by atoms with Crippen molar-refractivity contribution in [3.63, 3.8) is 0 Å². The van der Waals surface area contributed by atoms with Crippen LogP contribution in [0.4, 0.5) is 0 Å². The molecule has 1 atom stereocenters. The monoisotopic (exact) mass is 339 g/mol. The van der Waals surface area contributed by atoms with Crippen molar-refractivity contribution in [3.05, 3.63) is 63.6 Å². The molecule has 2 N–H and O–H groups in total. The fourth-order valence-corrected chi connectivity index (χ4v) is 2.22. The molecule has 1 unspecified atom stereocenters. The highest BCUT2D eigenvalue weighted by molar-refractivity contribution is 6.32. The van der Waals surface area contributed by atoms with Crippen molar-refractivity contribution in [2.75, 3.05) is 13.7 Å². The van der Waals surface area contributed by atoms with Crippen LogP contribution in [0.2, 0.25) is 10.0 Å². The highest BCUT2D eigenvalue weighted by atomic mass is 35.5. The Balaban J connectivity index is 1.99. The highest BCUT2D eigenvalue weighted by Gasteiger charge is 2.12. The molecule has 0 spiro atoms. The van der Waals surface area contributed by atoms with Crippen LogP contribution >= 0.6 is 23.2 Å². The summed E-state index contributed by atoms with van der Waals surface area (Å²) in [4.78, 5) is 12.1. The van der Waals surface area contributed by atoms with E-state index in [1.807, 2.05) is 0 Å². The van der Waals surface area contributed by atoms with Gasteiger partial charge in [0.1, 0.15) is 5.75 Å². The number of amides is 1. The van der Waals surface area contributed by atoms with Gasteiger partial charge in [-0.1, -0.05) is 35.3 Å². The molecule has 0 aliphatic carbocycles. The van der Waals surface area contributed by atoms with E-state index in [2.05, 4.69) is 5.32 Å². The molecule has 0 aliphatic rings. The summed E-state index contributed by atoms with van der Waals surface area (Å²) in [7, 11) is 1.48. The summed E-state index contributed by atoms with van der Waals surface area (Å²) in [5.74, 6) is 0.107. The third kappa shape index (κ3) is 4.13. The molecular weight excluding hydrogens is 325 g/mol. The summed E-state index contributed by atoms with van der Waals surface area (Å²) in [5, 5.41) is 13.7. The summed E-state index contributed by atoms with van der Waals surface area (Å²) in [5.41, 5.74) is 1.09. The van der Waals surface area contributed by atoms with Crippen molar-refractivity contribution in [2.24, 2.45) is 0 Å². The first-order chi connectivity index (χ1) is 10.5. The fraction of sp³-hybridized carbons (Fsp3) is 0.188. The Labute approximate surface area is 138 Å². The van der Waals surface area contributed by atoms with Crippen molar-refractivity contribution < 1.29 is 14.6 Å². The lowest BCUT2D eigenvalue weighted by molar-refractivity contribution is 0.0916. The fourth-order valence-electron chi connectivity index (χ4n) is 1.90. The Kier molecular flexibility index (Phi) is 5.66. The first-order valence-electron chi connectivity index (χ1n) is 6.56. The number of nitrogens with one attached hydrogen (secondary N) is 1. The molecule has 1 amide bonds. The molecule has 6 heteroatoms. The SMILES string of the molecule is COc1cc(C(=O)NCC(O)c2ccc(Cl)cc2)ccc1Cl. The van der Waals surface area contributed by atoms with Crippen LogP contribution in [0.25, 0.3) is 0 Å². The predicted molar refractivity (Wildman–Crippen MR) is 86.7 cm³/mol. The van der Waals surface area contributed by atoms with Gasteiger partial charge in [0.05, 0.1) is 18.2 Å². The van der Waals surface area contributed by atoms with Gasteiger partial charge in [-0.2, -0.15) is 0 Å². The number of halogens is 2. The topological polar surface area (TPSA) is 58.6 Å². The van der Waals surface area contributed by atoms with Gasteiger partial charge in [-0.15, -0.1) is 0 Å². The smallest absolute Gasteiger partial charge is 0.251 e. The van der Waals surface area contributed by atoms with E-state index >= 15 is 0 Å². The Bertz CT molecular complexity index is 659. The van der Waals surface area contributed by atoms with Crippen molar-refractivity contribution in [2.45, 2.75) is 6.10 Å². The van der Waals surface area contributed by atoms with Gasteiger partial charge in [0.25, 0.3) is 5.91 Å². The maximum Gasteiger partial charge on any atom is 0.251 e. The number of hydrogen-bond acceptors (Lipinski definition) is 3. The van der Waals surface area contributed by atoms with Crippen LogP contribution < -0.4 is 10.1 Å². The number of aliphatic hydroxyl groups excluding tert-OH is 1. The molecule has 0 aliphatic heterocycles.